The fourth-order valence-electron chi connectivity index (χ4n) is 2.77. The Morgan fingerprint density at radius 3 is 2.55 bits per heavy atom. The number of nitrogens with zero attached hydrogens (tertiary/aromatic N) is 4. The number of anilines is 2. The topological polar surface area (TPSA) is 65.1 Å². The summed E-state index contributed by atoms with van der Waals surface area (Å²) in [6, 6.07) is 5.95. The van der Waals surface area contributed by atoms with Gasteiger partial charge in [-0.15, -0.1) is 0 Å². The van der Waals surface area contributed by atoms with Gasteiger partial charge in [0.2, 0.25) is 0 Å². The molecule has 0 unspecified atom stereocenters. The van der Waals surface area contributed by atoms with Crippen molar-refractivity contribution in [2.75, 3.05) is 36.0 Å². The predicted octanol–water partition coefficient (Wildman–Crippen LogP) is 1.76. The van der Waals surface area contributed by atoms with Gasteiger partial charge < -0.3 is 9.80 Å². The summed E-state index contributed by atoms with van der Waals surface area (Å²) in [5.41, 5.74) is 2.71. The summed E-state index contributed by atoms with van der Waals surface area (Å²) in [5, 5.41) is 7.09. The molecule has 3 rings (SSSR count). The SMILES string of the molecule is Cc1ccc(Cl)cc1N1CCN(c2nc(=O)[nH]nc2C)CC1. The predicted molar refractivity (Wildman–Crippen MR) is 88.0 cm³/mol. The zero-order valence-corrected chi connectivity index (χ0v) is 13.4. The van der Waals surface area contributed by atoms with Crippen LogP contribution >= 0.6 is 11.6 Å². The standard InChI is InChI=1S/C15H18ClN5O/c1-10-3-4-12(16)9-13(10)20-5-7-21(8-6-20)14-11(2)18-19-15(22)17-14/h3-4,9H,5-8H2,1-2H3,(H,17,19,22). The summed E-state index contributed by atoms with van der Waals surface area (Å²) in [4.78, 5) is 19.8. The van der Waals surface area contributed by atoms with Crippen molar-refractivity contribution >= 4 is 23.1 Å². The summed E-state index contributed by atoms with van der Waals surface area (Å²) in [5.74, 6) is 0.672. The molecular weight excluding hydrogens is 302 g/mol. The van der Waals surface area contributed by atoms with E-state index in [1.165, 1.54) is 11.3 Å². The first-order valence-electron chi connectivity index (χ1n) is 7.24. The van der Waals surface area contributed by atoms with E-state index in [0.717, 1.165) is 36.9 Å². The molecule has 6 nitrogen and oxygen atoms in total. The normalized spacial score (nSPS) is 15.2. The summed E-state index contributed by atoms with van der Waals surface area (Å²) in [6.45, 7) is 7.25. The minimum Gasteiger partial charge on any atom is -0.368 e. The van der Waals surface area contributed by atoms with Crippen LogP contribution in [0.25, 0.3) is 0 Å². The highest BCUT2D eigenvalue weighted by molar-refractivity contribution is 6.30. The first-order valence-corrected chi connectivity index (χ1v) is 7.62. The van der Waals surface area contributed by atoms with Crippen molar-refractivity contribution in [3.05, 3.63) is 45.0 Å². The van der Waals surface area contributed by atoms with Crippen LogP contribution in [0, 0.1) is 13.8 Å². The van der Waals surface area contributed by atoms with Crippen molar-refractivity contribution in [1.82, 2.24) is 15.2 Å². The minimum absolute atomic E-state index is 0.409. The minimum atomic E-state index is -0.409. The van der Waals surface area contributed by atoms with Crippen LogP contribution in [0.5, 0.6) is 0 Å². The number of H-pyrrole nitrogens is 1. The van der Waals surface area contributed by atoms with E-state index < -0.39 is 5.69 Å². The molecule has 1 aromatic heterocycles. The van der Waals surface area contributed by atoms with E-state index in [-0.39, 0.29) is 0 Å². The Kier molecular flexibility index (Phi) is 4.02. The average Bonchev–Trinajstić information content (AvgIpc) is 2.52. The average molecular weight is 320 g/mol. The number of aromatic nitrogens is 3. The van der Waals surface area contributed by atoms with Gasteiger partial charge in [0.05, 0.1) is 0 Å². The smallest absolute Gasteiger partial charge is 0.363 e. The zero-order chi connectivity index (χ0) is 15.7. The molecule has 0 bridgehead atoms. The molecule has 22 heavy (non-hydrogen) atoms. The van der Waals surface area contributed by atoms with Gasteiger partial charge in [0.25, 0.3) is 0 Å². The molecule has 116 valence electrons. The molecule has 0 radical (unpaired) electrons. The van der Waals surface area contributed by atoms with Crippen LogP contribution in [0.3, 0.4) is 0 Å². The van der Waals surface area contributed by atoms with Crippen LogP contribution in [0.15, 0.2) is 23.0 Å². The first-order chi connectivity index (χ1) is 10.5. The molecule has 1 N–H and O–H groups in total. The third-order valence-electron chi connectivity index (χ3n) is 3.94. The maximum Gasteiger partial charge on any atom is 0.363 e. The molecule has 2 heterocycles. The monoisotopic (exact) mass is 319 g/mol. The Morgan fingerprint density at radius 2 is 1.82 bits per heavy atom. The van der Waals surface area contributed by atoms with Crippen molar-refractivity contribution in [3.8, 4) is 0 Å². The van der Waals surface area contributed by atoms with Crippen molar-refractivity contribution < 1.29 is 0 Å². The van der Waals surface area contributed by atoms with Crippen LogP contribution in [0.1, 0.15) is 11.3 Å². The third kappa shape index (κ3) is 2.92. The van der Waals surface area contributed by atoms with Gasteiger partial charge in [0.1, 0.15) is 5.69 Å². The molecule has 1 aliphatic rings. The summed E-state index contributed by atoms with van der Waals surface area (Å²) in [7, 11) is 0. The van der Waals surface area contributed by atoms with Crippen LogP contribution in [0.4, 0.5) is 11.5 Å². The molecule has 0 atom stereocenters. The third-order valence-corrected chi connectivity index (χ3v) is 4.18. The molecule has 1 aromatic carbocycles. The van der Waals surface area contributed by atoms with Gasteiger partial charge in [-0.05, 0) is 31.5 Å². The number of rotatable bonds is 2. The van der Waals surface area contributed by atoms with Crippen LogP contribution in [-0.2, 0) is 0 Å². The number of halogens is 1. The Bertz CT molecular complexity index is 737. The van der Waals surface area contributed by atoms with Crippen LogP contribution < -0.4 is 15.5 Å². The Hall–Kier alpha value is -2.08. The Labute approximate surface area is 133 Å². The molecule has 1 saturated heterocycles. The number of aromatic amines is 1. The fraction of sp³-hybridized carbons (Fsp3) is 0.400. The number of piperazine rings is 1. The number of benzene rings is 1. The van der Waals surface area contributed by atoms with Crippen molar-refractivity contribution in [2.24, 2.45) is 0 Å². The second-order valence-corrected chi connectivity index (χ2v) is 5.89. The summed E-state index contributed by atoms with van der Waals surface area (Å²) < 4.78 is 0. The van der Waals surface area contributed by atoms with Gasteiger partial charge in [0, 0.05) is 36.9 Å². The Morgan fingerprint density at radius 1 is 1.14 bits per heavy atom. The van der Waals surface area contributed by atoms with Gasteiger partial charge in [-0.1, -0.05) is 17.7 Å². The highest BCUT2D eigenvalue weighted by Crippen LogP contribution is 2.26. The van der Waals surface area contributed by atoms with Gasteiger partial charge in [-0.25, -0.2) is 9.89 Å². The van der Waals surface area contributed by atoms with Gasteiger partial charge >= 0.3 is 5.69 Å². The molecule has 0 aliphatic carbocycles. The number of hydrogen-bond acceptors (Lipinski definition) is 5. The lowest BCUT2D eigenvalue weighted by Crippen LogP contribution is -2.47. The van der Waals surface area contributed by atoms with E-state index in [4.69, 9.17) is 11.6 Å². The van der Waals surface area contributed by atoms with Crippen LogP contribution in [-0.4, -0.2) is 41.4 Å². The largest absolute Gasteiger partial charge is 0.368 e. The Balaban J connectivity index is 1.76. The fourth-order valence-corrected chi connectivity index (χ4v) is 2.93. The lowest BCUT2D eigenvalue weighted by atomic mass is 10.1. The van der Waals surface area contributed by atoms with Gasteiger partial charge in [-0.2, -0.15) is 10.1 Å². The zero-order valence-electron chi connectivity index (χ0n) is 12.6. The van der Waals surface area contributed by atoms with Crippen LogP contribution in [0.2, 0.25) is 5.02 Å². The van der Waals surface area contributed by atoms with Crippen molar-refractivity contribution in [1.29, 1.82) is 0 Å². The first kappa shape index (κ1) is 14.8. The second-order valence-electron chi connectivity index (χ2n) is 5.45. The second kappa shape index (κ2) is 5.96. The lowest BCUT2D eigenvalue weighted by molar-refractivity contribution is 0.638. The molecular formula is C15H18ClN5O. The quantitative estimate of drug-likeness (QED) is 0.913. The molecule has 0 saturated carbocycles. The van der Waals surface area contributed by atoms with Gasteiger partial charge in [0.15, 0.2) is 5.82 Å². The maximum atomic E-state index is 11.4. The van der Waals surface area contributed by atoms with Crippen molar-refractivity contribution in [2.45, 2.75) is 13.8 Å². The number of hydrogen-bond donors (Lipinski definition) is 1. The van der Waals surface area contributed by atoms with E-state index in [1.807, 2.05) is 25.1 Å². The van der Waals surface area contributed by atoms with E-state index in [9.17, 15) is 4.79 Å². The number of nitrogens with one attached hydrogen (secondary N) is 1. The maximum absolute atomic E-state index is 11.4. The molecule has 1 fully saturated rings. The summed E-state index contributed by atoms with van der Waals surface area (Å²) in [6.07, 6.45) is 0. The summed E-state index contributed by atoms with van der Waals surface area (Å²) >= 11 is 6.11. The highest BCUT2D eigenvalue weighted by atomic mass is 35.5. The van der Waals surface area contributed by atoms with E-state index in [1.54, 1.807) is 0 Å². The van der Waals surface area contributed by atoms with Crippen molar-refractivity contribution in [3.63, 3.8) is 0 Å². The molecule has 7 heteroatoms. The van der Waals surface area contributed by atoms with E-state index >= 15 is 0 Å². The molecule has 2 aromatic rings. The van der Waals surface area contributed by atoms with Gasteiger partial charge in [-0.3, -0.25) is 0 Å². The van der Waals surface area contributed by atoms with E-state index in [2.05, 4.69) is 31.9 Å². The highest BCUT2D eigenvalue weighted by Gasteiger charge is 2.21. The lowest BCUT2D eigenvalue weighted by Gasteiger charge is -2.37. The molecule has 1 aliphatic heterocycles. The van der Waals surface area contributed by atoms with E-state index in [0.29, 0.717) is 5.82 Å². The molecule has 0 amide bonds. The number of aryl methyl sites for hydroxylation is 2. The molecule has 0 spiro atoms.